The molecule has 2 nitrogen and oxygen atoms in total. The second kappa shape index (κ2) is 6.44. The van der Waals surface area contributed by atoms with Crippen molar-refractivity contribution in [2.45, 2.75) is 27.7 Å². The molecule has 0 saturated heterocycles. The van der Waals surface area contributed by atoms with E-state index in [2.05, 4.69) is 22.9 Å². The molecule has 0 amide bonds. The molecule has 0 aliphatic heterocycles. The molecule has 0 atom stereocenters. The summed E-state index contributed by atoms with van der Waals surface area (Å²) < 4.78 is 6.62. The Morgan fingerprint density at radius 1 is 0.952 bits per heavy atom. The van der Waals surface area contributed by atoms with Gasteiger partial charge in [-0.3, -0.25) is 4.79 Å². The average Bonchev–Trinajstić information content (AvgIpc) is 2.43. The van der Waals surface area contributed by atoms with Crippen LogP contribution in [0.25, 0.3) is 0 Å². The molecule has 0 radical (unpaired) electrons. The summed E-state index contributed by atoms with van der Waals surface area (Å²) >= 11 is 3.41. The van der Waals surface area contributed by atoms with Gasteiger partial charge in [-0.15, -0.1) is 0 Å². The van der Waals surface area contributed by atoms with E-state index in [-0.39, 0.29) is 12.4 Å². The van der Waals surface area contributed by atoms with Gasteiger partial charge in [-0.1, -0.05) is 28.1 Å². The Kier molecular flexibility index (Phi) is 4.84. The Hall–Kier alpha value is -1.61. The Labute approximate surface area is 134 Å². The van der Waals surface area contributed by atoms with Crippen LogP contribution in [0, 0.1) is 27.7 Å². The lowest BCUT2D eigenvalue weighted by molar-refractivity contribution is 0.0920. The van der Waals surface area contributed by atoms with E-state index >= 15 is 0 Å². The molecule has 2 rings (SSSR count). The van der Waals surface area contributed by atoms with Crippen LogP contribution in [0.5, 0.6) is 5.75 Å². The first kappa shape index (κ1) is 15.8. The molecule has 0 saturated carbocycles. The molecule has 0 bridgehead atoms. The van der Waals surface area contributed by atoms with Crippen molar-refractivity contribution in [1.29, 1.82) is 0 Å². The first-order chi connectivity index (χ1) is 9.88. The summed E-state index contributed by atoms with van der Waals surface area (Å²) in [5, 5.41) is 0. The van der Waals surface area contributed by atoms with E-state index in [1.54, 1.807) is 0 Å². The SMILES string of the molecule is Cc1cc(C)c(C(=O)COc2cc(Br)ccc2C)cc1C. The summed E-state index contributed by atoms with van der Waals surface area (Å²) in [6, 6.07) is 9.80. The lowest BCUT2D eigenvalue weighted by Crippen LogP contribution is -2.14. The van der Waals surface area contributed by atoms with E-state index in [0.29, 0.717) is 0 Å². The van der Waals surface area contributed by atoms with E-state index in [1.807, 2.05) is 51.1 Å². The van der Waals surface area contributed by atoms with E-state index < -0.39 is 0 Å². The number of carbonyl (C=O) groups is 1. The first-order valence-corrected chi connectivity index (χ1v) is 7.68. The minimum absolute atomic E-state index is 0.00924. The van der Waals surface area contributed by atoms with E-state index in [1.165, 1.54) is 5.56 Å². The van der Waals surface area contributed by atoms with Gasteiger partial charge in [-0.2, -0.15) is 0 Å². The number of ether oxygens (including phenoxy) is 1. The second-order valence-corrected chi connectivity index (χ2v) is 6.29. The maximum atomic E-state index is 12.4. The van der Waals surface area contributed by atoms with Gasteiger partial charge < -0.3 is 4.74 Å². The van der Waals surface area contributed by atoms with Crippen LogP contribution in [0.3, 0.4) is 0 Å². The predicted octanol–water partition coefficient (Wildman–Crippen LogP) is 4.94. The largest absolute Gasteiger partial charge is 0.485 e. The molecule has 0 aromatic heterocycles. The Morgan fingerprint density at radius 3 is 2.33 bits per heavy atom. The number of benzene rings is 2. The highest BCUT2D eigenvalue weighted by atomic mass is 79.9. The van der Waals surface area contributed by atoms with Crippen LogP contribution in [0.4, 0.5) is 0 Å². The molecule has 0 fully saturated rings. The molecule has 0 aliphatic rings. The first-order valence-electron chi connectivity index (χ1n) is 6.88. The van der Waals surface area contributed by atoms with Crippen molar-refractivity contribution in [3.05, 3.63) is 62.6 Å². The summed E-state index contributed by atoms with van der Waals surface area (Å²) in [7, 11) is 0. The normalized spacial score (nSPS) is 10.5. The number of ketones is 1. The second-order valence-electron chi connectivity index (χ2n) is 5.37. The molecule has 2 aromatic rings. The third-order valence-electron chi connectivity index (χ3n) is 3.65. The zero-order valence-corrected chi connectivity index (χ0v) is 14.4. The number of Topliss-reactive ketones (excluding diaryl/α,β-unsaturated/α-hetero) is 1. The number of rotatable bonds is 4. The van der Waals surface area contributed by atoms with Crippen LogP contribution < -0.4 is 4.74 Å². The van der Waals surface area contributed by atoms with Gasteiger partial charge in [0.1, 0.15) is 5.75 Å². The van der Waals surface area contributed by atoms with Crippen LogP contribution in [0.15, 0.2) is 34.8 Å². The smallest absolute Gasteiger partial charge is 0.200 e. The highest BCUT2D eigenvalue weighted by Crippen LogP contribution is 2.23. The lowest BCUT2D eigenvalue weighted by atomic mass is 9.98. The summed E-state index contributed by atoms with van der Waals surface area (Å²) in [4.78, 5) is 12.4. The number of hydrogen-bond acceptors (Lipinski definition) is 2. The summed E-state index contributed by atoms with van der Waals surface area (Å²) in [6.07, 6.45) is 0. The lowest BCUT2D eigenvalue weighted by Gasteiger charge is -2.11. The van der Waals surface area contributed by atoms with Gasteiger partial charge in [-0.05, 0) is 68.1 Å². The van der Waals surface area contributed by atoms with Crippen molar-refractivity contribution >= 4 is 21.7 Å². The fourth-order valence-corrected chi connectivity index (χ4v) is 2.55. The van der Waals surface area contributed by atoms with Gasteiger partial charge in [0.2, 0.25) is 0 Å². The zero-order chi connectivity index (χ0) is 15.6. The molecule has 110 valence electrons. The van der Waals surface area contributed by atoms with Crippen LogP contribution in [-0.2, 0) is 0 Å². The van der Waals surface area contributed by atoms with Crippen molar-refractivity contribution < 1.29 is 9.53 Å². The van der Waals surface area contributed by atoms with Crippen molar-refractivity contribution in [1.82, 2.24) is 0 Å². The molecule has 21 heavy (non-hydrogen) atoms. The average molecular weight is 347 g/mol. The zero-order valence-electron chi connectivity index (χ0n) is 12.8. The van der Waals surface area contributed by atoms with Gasteiger partial charge >= 0.3 is 0 Å². The van der Waals surface area contributed by atoms with E-state index in [9.17, 15) is 4.79 Å². The van der Waals surface area contributed by atoms with Gasteiger partial charge in [0.05, 0.1) is 0 Å². The molecule has 0 spiro atoms. The van der Waals surface area contributed by atoms with Crippen molar-refractivity contribution in [3.63, 3.8) is 0 Å². The fraction of sp³-hybridized carbons (Fsp3) is 0.278. The maximum Gasteiger partial charge on any atom is 0.200 e. The summed E-state index contributed by atoms with van der Waals surface area (Å²) in [5.74, 6) is 0.745. The Balaban J connectivity index is 2.15. The standard InChI is InChI=1S/C18H19BrO2/c1-11-5-6-15(19)9-18(11)21-10-17(20)16-8-13(3)12(2)7-14(16)4/h5-9H,10H2,1-4H3. The van der Waals surface area contributed by atoms with Crippen LogP contribution in [0.1, 0.15) is 32.6 Å². The quantitative estimate of drug-likeness (QED) is 0.732. The molecule has 3 heteroatoms. The van der Waals surface area contributed by atoms with Crippen LogP contribution in [-0.4, -0.2) is 12.4 Å². The summed E-state index contributed by atoms with van der Waals surface area (Å²) in [5.41, 5.74) is 5.08. The van der Waals surface area contributed by atoms with Gasteiger partial charge in [0, 0.05) is 10.0 Å². The van der Waals surface area contributed by atoms with Gasteiger partial charge in [-0.25, -0.2) is 0 Å². The number of hydrogen-bond donors (Lipinski definition) is 0. The Bertz CT molecular complexity index is 690. The van der Waals surface area contributed by atoms with Crippen LogP contribution >= 0.6 is 15.9 Å². The molecule has 0 aliphatic carbocycles. The maximum absolute atomic E-state index is 12.4. The van der Waals surface area contributed by atoms with Crippen molar-refractivity contribution in [3.8, 4) is 5.75 Å². The van der Waals surface area contributed by atoms with Crippen molar-refractivity contribution in [2.24, 2.45) is 0 Å². The predicted molar refractivity (Wildman–Crippen MR) is 89.4 cm³/mol. The third-order valence-corrected chi connectivity index (χ3v) is 4.14. The molecule has 0 unspecified atom stereocenters. The topological polar surface area (TPSA) is 26.3 Å². The number of halogens is 1. The van der Waals surface area contributed by atoms with Gasteiger partial charge in [0.25, 0.3) is 0 Å². The molecular weight excluding hydrogens is 328 g/mol. The third kappa shape index (κ3) is 3.73. The molecule has 0 N–H and O–H groups in total. The summed E-state index contributed by atoms with van der Waals surface area (Å²) in [6.45, 7) is 8.06. The van der Waals surface area contributed by atoms with Gasteiger partial charge in [0.15, 0.2) is 12.4 Å². The van der Waals surface area contributed by atoms with Crippen molar-refractivity contribution in [2.75, 3.05) is 6.61 Å². The number of carbonyl (C=O) groups excluding carboxylic acids is 1. The molecule has 2 aromatic carbocycles. The Morgan fingerprint density at radius 2 is 1.62 bits per heavy atom. The van der Waals surface area contributed by atoms with Crippen LogP contribution in [0.2, 0.25) is 0 Å². The monoisotopic (exact) mass is 346 g/mol. The molecule has 0 heterocycles. The highest BCUT2D eigenvalue weighted by Gasteiger charge is 2.12. The fourth-order valence-electron chi connectivity index (χ4n) is 2.21. The minimum atomic E-state index is 0.00924. The van der Waals surface area contributed by atoms with E-state index in [4.69, 9.17) is 4.74 Å². The van der Waals surface area contributed by atoms with E-state index in [0.717, 1.165) is 32.5 Å². The number of aryl methyl sites for hydroxylation is 4. The minimum Gasteiger partial charge on any atom is -0.485 e. The highest BCUT2D eigenvalue weighted by molar-refractivity contribution is 9.10. The molecular formula is C18H19BrO2.